The number of piperidine rings is 1. The van der Waals surface area contributed by atoms with Crippen molar-refractivity contribution in [1.82, 2.24) is 24.8 Å². The number of aryl methyl sites for hydroxylation is 2. The summed E-state index contributed by atoms with van der Waals surface area (Å²) in [5.41, 5.74) is 2.13. The number of hydrogen-bond donors (Lipinski definition) is 2. The summed E-state index contributed by atoms with van der Waals surface area (Å²) < 4.78 is 0. The predicted molar refractivity (Wildman–Crippen MR) is 89.8 cm³/mol. The molecule has 0 saturated carbocycles. The summed E-state index contributed by atoms with van der Waals surface area (Å²) in [5, 5.41) is 0. The van der Waals surface area contributed by atoms with E-state index in [2.05, 4.69) is 19.9 Å². The Labute approximate surface area is 140 Å². The highest BCUT2D eigenvalue weighted by molar-refractivity contribution is 5.76. The lowest BCUT2D eigenvalue weighted by atomic mass is 9.96. The minimum atomic E-state index is -0.336. The van der Waals surface area contributed by atoms with Gasteiger partial charge in [-0.1, -0.05) is 0 Å². The van der Waals surface area contributed by atoms with Crippen LogP contribution >= 0.6 is 0 Å². The van der Waals surface area contributed by atoms with Gasteiger partial charge in [0.1, 0.15) is 5.82 Å². The van der Waals surface area contributed by atoms with Gasteiger partial charge in [0.15, 0.2) is 0 Å². The van der Waals surface area contributed by atoms with Crippen LogP contribution in [0.15, 0.2) is 17.2 Å². The van der Waals surface area contributed by atoms with E-state index in [9.17, 15) is 9.59 Å². The van der Waals surface area contributed by atoms with Crippen LogP contribution in [0.5, 0.6) is 0 Å². The van der Waals surface area contributed by atoms with Gasteiger partial charge in [0.25, 0.3) is 0 Å². The fourth-order valence-corrected chi connectivity index (χ4v) is 3.44. The number of nitrogens with zero attached hydrogens (tertiary/aromatic N) is 3. The molecule has 1 fully saturated rings. The van der Waals surface area contributed by atoms with E-state index < -0.39 is 0 Å². The van der Waals surface area contributed by atoms with Crippen molar-refractivity contribution >= 4 is 5.91 Å². The van der Waals surface area contributed by atoms with Crippen LogP contribution in [-0.2, 0) is 11.2 Å². The van der Waals surface area contributed by atoms with Crippen molar-refractivity contribution in [3.63, 3.8) is 0 Å². The molecule has 3 heterocycles. The first-order chi connectivity index (χ1) is 11.5. The van der Waals surface area contributed by atoms with Gasteiger partial charge in [-0.15, -0.1) is 0 Å². The first kappa shape index (κ1) is 16.4. The maximum atomic E-state index is 12.6. The molecule has 2 aromatic heterocycles. The van der Waals surface area contributed by atoms with E-state index in [-0.39, 0.29) is 17.5 Å². The summed E-state index contributed by atoms with van der Waals surface area (Å²) in [6.45, 7) is 5.19. The number of carbonyl (C=O) groups excluding carboxylic acids is 1. The Hall–Kier alpha value is -2.44. The highest BCUT2D eigenvalue weighted by Gasteiger charge is 2.26. The molecule has 7 nitrogen and oxygen atoms in total. The molecule has 24 heavy (non-hydrogen) atoms. The molecule has 1 amide bonds. The number of aromatic amines is 2. The number of rotatable bonds is 4. The molecule has 7 heteroatoms. The molecule has 1 atom stereocenters. The lowest BCUT2D eigenvalue weighted by molar-refractivity contribution is -0.132. The lowest BCUT2D eigenvalue weighted by Crippen LogP contribution is -2.39. The predicted octanol–water partition coefficient (Wildman–Crippen LogP) is 1.45. The number of hydrogen-bond acceptors (Lipinski definition) is 4. The molecular formula is C17H23N5O2. The van der Waals surface area contributed by atoms with Crippen molar-refractivity contribution in [1.29, 1.82) is 0 Å². The second kappa shape index (κ2) is 6.98. The third-order valence-electron chi connectivity index (χ3n) is 4.72. The summed E-state index contributed by atoms with van der Waals surface area (Å²) in [6.07, 6.45) is 6.66. The zero-order chi connectivity index (χ0) is 17.1. The first-order valence-electron chi connectivity index (χ1n) is 8.38. The van der Waals surface area contributed by atoms with Crippen LogP contribution in [0.2, 0.25) is 0 Å². The fourth-order valence-electron chi connectivity index (χ4n) is 3.44. The highest BCUT2D eigenvalue weighted by Crippen LogP contribution is 2.25. The largest absolute Gasteiger partial charge is 0.348 e. The van der Waals surface area contributed by atoms with Crippen LogP contribution < -0.4 is 5.69 Å². The molecule has 0 spiro atoms. The number of nitrogens with one attached hydrogen (secondary N) is 2. The van der Waals surface area contributed by atoms with Gasteiger partial charge in [-0.2, -0.15) is 4.98 Å². The fraction of sp³-hybridized carbons (Fsp3) is 0.529. The molecule has 0 bridgehead atoms. The molecule has 0 aromatic carbocycles. The van der Waals surface area contributed by atoms with Crippen LogP contribution in [0, 0.1) is 13.8 Å². The summed E-state index contributed by atoms with van der Waals surface area (Å²) in [4.78, 5) is 40.0. The summed E-state index contributed by atoms with van der Waals surface area (Å²) in [5.74, 6) is 1.40. The standard InChI is InChI=1S/C17H23N5O2/c1-11-14(12(2)21-17(24)20-11)5-6-15(23)22-9-3-4-13(10-22)16-18-7-8-19-16/h7-8,13H,3-6,9-10H2,1-2H3,(H,18,19)(H,20,21,24). The smallest absolute Gasteiger partial charge is 0.345 e. The molecule has 1 aliphatic heterocycles. The zero-order valence-corrected chi connectivity index (χ0v) is 14.1. The Kier molecular flexibility index (Phi) is 4.78. The third-order valence-corrected chi connectivity index (χ3v) is 4.72. The SMILES string of the molecule is Cc1nc(=O)[nH]c(C)c1CCC(=O)N1CCCC(c2ncc[nH]2)C1. The van der Waals surface area contributed by atoms with Crippen LogP contribution in [0.4, 0.5) is 0 Å². The maximum absolute atomic E-state index is 12.6. The molecule has 0 aliphatic carbocycles. The number of aromatic nitrogens is 4. The summed E-state index contributed by atoms with van der Waals surface area (Å²) in [7, 11) is 0. The number of H-pyrrole nitrogens is 2. The highest BCUT2D eigenvalue weighted by atomic mass is 16.2. The van der Waals surface area contributed by atoms with Crippen LogP contribution in [0.1, 0.15) is 48.0 Å². The monoisotopic (exact) mass is 329 g/mol. The molecule has 0 radical (unpaired) electrons. The van der Waals surface area contributed by atoms with Gasteiger partial charge in [0.05, 0.1) is 0 Å². The Bertz CT molecular complexity index is 740. The van der Waals surface area contributed by atoms with Gasteiger partial charge in [-0.25, -0.2) is 9.78 Å². The zero-order valence-electron chi connectivity index (χ0n) is 14.1. The van der Waals surface area contributed by atoms with Gasteiger partial charge in [0.2, 0.25) is 5.91 Å². The first-order valence-corrected chi connectivity index (χ1v) is 8.38. The van der Waals surface area contributed by atoms with Crippen molar-refractivity contribution in [3.8, 4) is 0 Å². The Morgan fingerprint density at radius 1 is 1.42 bits per heavy atom. The van der Waals surface area contributed by atoms with E-state index in [1.54, 1.807) is 6.20 Å². The molecule has 2 N–H and O–H groups in total. The average molecular weight is 329 g/mol. The van der Waals surface area contributed by atoms with E-state index >= 15 is 0 Å². The minimum absolute atomic E-state index is 0.149. The third kappa shape index (κ3) is 3.55. The topological polar surface area (TPSA) is 94.7 Å². The van der Waals surface area contributed by atoms with Gasteiger partial charge in [-0.3, -0.25) is 4.79 Å². The van der Waals surface area contributed by atoms with Crippen LogP contribution in [0.25, 0.3) is 0 Å². The summed E-state index contributed by atoms with van der Waals surface area (Å²) in [6, 6.07) is 0. The average Bonchev–Trinajstić information content (AvgIpc) is 3.08. The van der Waals surface area contributed by atoms with Crippen molar-refractivity contribution < 1.29 is 4.79 Å². The van der Waals surface area contributed by atoms with Crippen molar-refractivity contribution in [2.45, 2.75) is 45.4 Å². The Balaban J connectivity index is 1.62. The van der Waals surface area contributed by atoms with Crippen LogP contribution in [-0.4, -0.2) is 43.8 Å². The van der Waals surface area contributed by atoms with Gasteiger partial charge in [-0.05, 0) is 38.7 Å². The van der Waals surface area contributed by atoms with Gasteiger partial charge in [0, 0.05) is 49.2 Å². The van der Waals surface area contributed by atoms with E-state index in [1.807, 2.05) is 24.9 Å². The second-order valence-corrected chi connectivity index (χ2v) is 6.38. The Morgan fingerprint density at radius 2 is 2.25 bits per heavy atom. The maximum Gasteiger partial charge on any atom is 0.345 e. The molecule has 1 saturated heterocycles. The normalized spacial score (nSPS) is 17.9. The minimum Gasteiger partial charge on any atom is -0.348 e. The number of carbonyl (C=O) groups is 1. The number of amides is 1. The molecule has 1 aliphatic rings. The Morgan fingerprint density at radius 3 is 2.96 bits per heavy atom. The molecule has 3 rings (SSSR count). The van der Waals surface area contributed by atoms with Crippen molar-refractivity contribution in [2.75, 3.05) is 13.1 Å². The van der Waals surface area contributed by atoms with Crippen molar-refractivity contribution in [3.05, 3.63) is 45.7 Å². The van der Waals surface area contributed by atoms with Crippen LogP contribution in [0.3, 0.4) is 0 Å². The van der Waals surface area contributed by atoms with E-state index in [1.165, 1.54) is 0 Å². The molecule has 2 aromatic rings. The number of imidazole rings is 1. The second-order valence-electron chi connectivity index (χ2n) is 6.38. The molecular weight excluding hydrogens is 306 g/mol. The summed E-state index contributed by atoms with van der Waals surface area (Å²) >= 11 is 0. The molecule has 1 unspecified atom stereocenters. The van der Waals surface area contributed by atoms with Crippen molar-refractivity contribution in [2.24, 2.45) is 0 Å². The van der Waals surface area contributed by atoms with Gasteiger partial charge >= 0.3 is 5.69 Å². The quantitative estimate of drug-likeness (QED) is 0.887. The van der Waals surface area contributed by atoms with Gasteiger partial charge < -0.3 is 14.9 Å². The van der Waals surface area contributed by atoms with E-state index in [4.69, 9.17) is 0 Å². The van der Waals surface area contributed by atoms with E-state index in [0.717, 1.165) is 36.5 Å². The number of likely N-dealkylation sites (tertiary alicyclic amines) is 1. The lowest BCUT2D eigenvalue weighted by Gasteiger charge is -2.32. The molecule has 128 valence electrons. The van der Waals surface area contributed by atoms with E-state index in [0.29, 0.717) is 25.1 Å².